The standard InChI is InChI=1S/C16H19NO3S2/c1-17(16(18)11-5-6-22-10-11)9-12-7-13(19-2)14(20-3)8-15(12)21-4/h5-8,10H,9H2,1-4H3. The quantitative estimate of drug-likeness (QED) is 0.752. The molecular formula is C16H19NO3S2. The van der Waals surface area contributed by atoms with Crippen LogP contribution in [-0.4, -0.2) is 38.3 Å². The number of methoxy groups -OCH3 is 2. The highest BCUT2D eigenvalue weighted by Gasteiger charge is 2.16. The number of hydrogen-bond donors (Lipinski definition) is 0. The Hall–Kier alpha value is -1.66. The Morgan fingerprint density at radius 2 is 1.95 bits per heavy atom. The fraction of sp³-hybridized carbons (Fsp3) is 0.312. The monoisotopic (exact) mass is 337 g/mol. The van der Waals surface area contributed by atoms with E-state index in [2.05, 4.69) is 0 Å². The molecule has 0 fully saturated rings. The summed E-state index contributed by atoms with van der Waals surface area (Å²) in [6.45, 7) is 0.519. The van der Waals surface area contributed by atoms with E-state index in [-0.39, 0.29) is 5.91 Å². The zero-order valence-electron chi connectivity index (χ0n) is 13.1. The summed E-state index contributed by atoms with van der Waals surface area (Å²) in [5, 5.41) is 3.77. The van der Waals surface area contributed by atoms with Gasteiger partial charge in [0.25, 0.3) is 5.91 Å². The van der Waals surface area contributed by atoms with Crippen molar-refractivity contribution in [3.05, 3.63) is 40.1 Å². The zero-order valence-corrected chi connectivity index (χ0v) is 14.7. The second-order valence-corrected chi connectivity index (χ2v) is 6.32. The summed E-state index contributed by atoms with van der Waals surface area (Å²) in [6, 6.07) is 5.72. The van der Waals surface area contributed by atoms with Gasteiger partial charge in [0.15, 0.2) is 11.5 Å². The maximum atomic E-state index is 12.4. The first-order chi connectivity index (χ1) is 10.6. The van der Waals surface area contributed by atoms with E-state index < -0.39 is 0 Å². The van der Waals surface area contributed by atoms with Crippen LogP contribution in [-0.2, 0) is 6.54 Å². The van der Waals surface area contributed by atoms with E-state index in [0.29, 0.717) is 18.0 Å². The van der Waals surface area contributed by atoms with Gasteiger partial charge in [0.05, 0.1) is 19.8 Å². The molecule has 0 unspecified atom stereocenters. The molecule has 0 spiro atoms. The Bertz CT molecular complexity index is 641. The second-order valence-electron chi connectivity index (χ2n) is 4.69. The van der Waals surface area contributed by atoms with Gasteiger partial charge in [-0.3, -0.25) is 4.79 Å². The van der Waals surface area contributed by atoms with Crippen LogP contribution in [0.25, 0.3) is 0 Å². The van der Waals surface area contributed by atoms with Crippen molar-refractivity contribution >= 4 is 29.0 Å². The molecule has 0 radical (unpaired) electrons. The summed E-state index contributed by atoms with van der Waals surface area (Å²) in [6.07, 6.45) is 2.01. The van der Waals surface area contributed by atoms with E-state index in [4.69, 9.17) is 9.47 Å². The molecule has 1 heterocycles. The van der Waals surface area contributed by atoms with Gasteiger partial charge < -0.3 is 14.4 Å². The SMILES string of the molecule is COc1cc(CN(C)C(=O)c2ccsc2)c(SC)cc1OC. The summed E-state index contributed by atoms with van der Waals surface area (Å²) in [5.74, 6) is 1.39. The summed E-state index contributed by atoms with van der Waals surface area (Å²) in [4.78, 5) is 15.1. The number of thiophene rings is 1. The minimum atomic E-state index is 0.0167. The smallest absolute Gasteiger partial charge is 0.254 e. The second kappa shape index (κ2) is 7.56. The van der Waals surface area contributed by atoms with E-state index in [1.54, 1.807) is 37.9 Å². The minimum absolute atomic E-state index is 0.0167. The van der Waals surface area contributed by atoms with Gasteiger partial charge in [-0.05, 0) is 35.4 Å². The van der Waals surface area contributed by atoms with Crippen molar-refractivity contribution in [2.24, 2.45) is 0 Å². The van der Waals surface area contributed by atoms with Crippen molar-refractivity contribution in [2.75, 3.05) is 27.5 Å². The van der Waals surface area contributed by atoms with E-state index >= 15 is 0 Å². The van der Waals surface area contributed by atoms with Gasteiger partial charge in [-0.25, -0.2) is 0 Å². The van der Waals surface area contributed by atoms with Crippen LogP contribution in [0.4, 0.5) is 0 Å². The van der Waals surface area contributed by atoms with Crippen LogP contribution >= 0.6 is 23.1 Å². The molecule has 2 rings (SSSR count). The normalized spacial score (nSPS) is 10.4. The Labute approximate surface area is 139 Å². The fourth-order valence-electron chi connectivity index (χ4n) is 2.15. The number of amides is 1. The van der Waals surface area contributed by atoms with Crippen LogP contribution in [0.1, 0.15) is 15.9 Å². The van der Waals surface area contributed by atoms with Gasteiger partial charge >= 0.3 is 0 Å². The molecule has 118 valence electrons. The number of carbonyl (C=O) groups excluding carboxylic acids is 1. The molecule has 0 aliphatic rings. The lowest BCUT2D eigenvalue weighted by molar-refractivity contribution is 0.0784. The van der Waals surface area contributed by atoms with Crippen LogP contribution in [0.3, 0.4) is 0 Å². The molecule has 0 aliphatic carbocycles. The Morgan fingerprint density at radius 1 is 1.27 bits per heavy atom. The fourth-order valence-corrected chi connectivity index (χ4v) is 3.39. The van der Waals surface area contributed by atoms with Crippen molar-refractivity contribution < 1.29 is 14.3 Å². The highest BCUT2D eigenvalue weighted by atomic mass is 32.2. The zero-order chi connectivity index (χ0) is 16.1. The van der Waals surface area contributed by atoms with Crippen molar-refractivity contribution in [3.8, 4) is 11.5 Å². The first-order valence-electron chi connectivity index (χ1n) is 6.67. The number of hydrogen-bond acceptors (Lipinski definition) is 5. The molecule has 6 heteroatoms. The van der Waals surface area contributed by atoms with E-state index in [1.807, 2.05) is 35.2 Å². The topological polar surface area (TPSA) is 38.8 Å². The third-order valence-corrected chi connectivity index (χ3v) is 4.81. The maximum absolute atomic E-state index is 12.4. The Kier molecular flexibility index (Phi) is 5.74. The van der Waals surface area contributed by atoms with Crippen LogP contribution in [0.5, 0.6) is 11.5 Å². The van der Waals surface area contributed by atoms with Gasteiger partial charge in [0.2, 0.25) is 0 Å². The molecule has 1 aromatic carbocycles. The van der Waals surface area contributed by atoms with Gasteiger partial charge in [-0.1, -0.05) is 0 Å². The number of rotatable bonds is 6. The van der Waals surface area contributed by atoms with Crippen LogP contribution < -0.4 is 9.47 Å². The molecule has 0 aliphatic heterocycles. The van der Waals surface area contributed by atoms with Gasteiger partial charge in [-0.2, -0.15) is 11.3 Å². The summed E-state index contributed by atoms with van der Waals surface area (Å²) in [5.41, 5.74) is 1.76. The number of benzene rings is 1. The molecule has 0 bridgehead atoms. The Balaban J connectivity index is 2.26. The van der Waals surface area contributed by atoms with Crippen LogP contribution in [0.2, 0.25) is 0 Å². The minimum Gasteiger partial charge on any atom is -0.493 e. The van der Waals surface area contributed by atoms with Crippen LogP contribution in [0.15, 0.2) is 33.9 Å². The molecule has 0 saturated carbocycles. The number of ether oxygens (including phenoxy) is 2. The third kappa shape index (κ3) is 3.56. The van der Waals surface area contributed by atoms with Crippen molar-refractivity contribution in [2.45, 2.75) is 11.4 Å². The Morgan fingerprint density at radius 3 is 2.50 bits per heavy atom. The predicted octanol–water partition coefficient (Wildman–Crippen LogP) is 3.76. The molecular weight excluding hydrogens is 318 g/mol. The molecule has 0 saturated heterocycles. The number of nitrogens with zero attached hydrogens (tertiary/aromatic N) is 1. The average Bonchev–Trinajstić information content (AvgIpc) is 3.07. The lowest BCUT2D eigenvalue weighted by Crippen LogP contribution is -2.26. The highest BCUT2D eigenvalue weighted by Crippen LogP contribution is 2.35. The lowest BCUT2D eigenvalue weighted by Gasteiger charge is -2.20. The molecule has 1 aromatic heterocycles. The predicted molar refractivity (Wildman–Crippen MR) is 91.4 cm³/mol. The molecule has 0 atom stereocenters. The summed E-state index contributed by atoms with van der Waals surface area (Å²) >= 11 is 3.15. The number of carbonyl (C=O) groups is 1. The van der Waals surface area contributed by atoms with Crippen LogP contribution in [0, 0.1) is 0 Å². The van der Waals surface area contributed by atoms with Gasteiger partial charge in [0, 0.05) is 23.9 Å². The molecule has 1 amide bonds. The first-order valence-corrected chi connectivity index (χ1v) is 8.84. The summed E-state index contributed by atoms with van der Waals surface area (Å²) in [7, 11) is 5.04. The first kappa shape index (κ1) is 16.7. The molecule has 0 N–H and O–H groups in total. The molecule has 2 aromatic rings. The summed E-state index contributed by atoms with van der Waals surface area (Å²) < 4.78 is 10.7. The molecule has 22 heavy (non-hydrogen) atoms. The largest absolute Gasteiger partial charge is 0.493 e. The van der Waals surface area contributed by atoms with Crippen molar-refractivity contribution in [3.63, 3.8) is 0 Å². The third-order valence-electron chi connectivity index (χ3n) is 3.31. The average molecular weight is 337 g/mol. The number of thioether (sulfide) groups is 1. The van der Waals surface area contributed by atoms with E-state index in [0.717, 1.165) is 16.0 Å². The lowest BCUT2D eigenvalue weighted by atomic mass is 10.1. The highest BCUT2D eigenvalue weighted by molar-refractivity contribution is 7.98. The van der Waals surface area contributed by atoms with Crippen molar-refractivity contribution in [1.82, 2.24) is 4.90 Å². The van der Waals surface area contributed by atoms with E-state index in [9.17, 15) is 4.79 Å². The van der Waals surface area contributed by atoms with E-state index in [1.165, 1.54) is 11.3 Å². The van der Waals surface area contributed by atoms with Gasteiger partial charge in [0.1, 0.15) is 0 Å². The van der Waals surface area contributed by atoms with Crippen molar-refractivity contribution in [1.29, 1.82) is 0 Å². The maximum Gasteiger partial charge on any atom is 0.254 e. The van der Waals surface area contributed by atoms with Gasteiger partial charge in [-0.15, -0.1) is 11.8 Å². The molecule has 4 nitrogen and oxygen atoms in total.